The second-order valence-corrected chi connectivity index (χ2v) is 7.07. The Bertz CT molecular complexity index is 451. The summed E-state index contributed by atoms with van der Waals surface area (Å²) in [7, 11) is -1.17. The molecule has 1 aromatic rings. The van der Waals surface area contributed by atoms with Gasteiger partial charge in [0.15, 0.2) is 0 Å². The van der Waals surface area contributed by atoms with Crippen LogP contribution in [0, 0.1) is 10.1 Å². The number of nitrogens with one attached hydrogen (secondary N) is 1. The molecule has 1 aromatic carbocycles. The molecular formula is C12H18N2O3S. The molecule has 1 rings (SSSR count). The summed E-state index contributed by atoms with van der Waals surface area (Å²) in [6, 6.07) is 6.14. The molecule has 1 N–H and O–H groups in total. The summed E-state index contributed by atoms with van der Waals surface area (Å²) in [5, 5.41) is 10.5. The Morgan fingerprint density at radius 3 is 2.17 bits per heavy atom. The predicted octanol–water partition coefficient (Wildman–Crippen LogP) is 2.71. The van der Waals surface area contributed by atoms with Crippen LogP contribution in [0.15, 0.2) is 24.3 Å². The second-order valence-electron chi connectivity index (χ2n) is 5.07. The van der Waals surface area contributed by atoms with Gasteiger partial charge in [-0.15, -0.1) is 0 Å². The number of non-ortho nitro benzene ring substituents is 1. The lowest BCUT2D eigenvalue weighted by molar-refractivity contribution is -0.384. The van der Waals surface area contributed by atoms with E-state index in [1.807, 2.05) is 27.7 Å². The van der Waals surface area contributed by atoms with Crippen LogP contribution in [0.25, 0.3) is 0 Å². The molecule has 6 heteroatoms. The smallest absolute Gasteiger partial charge is 0.258 e. The Labute approximate surface area is 109 Å². The molecule has 0 spiro atoms. The van der Waals surface area contributed by atoms with Crippen LogP contribution in [-0.2, 0) is 11.0 Å². The van der Waals surface area contributed by atoms with Crippen molar-refractivity contribution in [3.8, 4) is 0 Å². The van der Waals surface area contributed by atoms with E-state index < -0.39 is 15.9 Å². The minimum absolute atomic E-state index is 0.0582. The zero-order valence-corrected chi connectivity index (χ0v) is 11.8. The van der Waals surface area contributed by atoms with Gasteiger partial charge in [-0.05, 0) is 33.3 Å². The van der Waals surface area contributed by atoms with E-state index in [4.69, 9.17) is 0 Å². The number of hydrogen-bond acceptors (Lipinski definition) is 3. The SMILES string of the molecule is C[C@H](N[S@@](=O)C(C)(C)C)c1ccc([N+](=O)[O-])cc1. The van der Waals surface area contributed by atoms with Crippen molar-refractivity contribution in [1.29, 1.82) is 0 Å². The molecule has 0 aromatic heterocycles. The fourth-order valence-corrected chi connectivity index (χ4v) is 2.10. The van der Waals surface area contributed by atoms with E-state index in [1.165, 1.54) is 12.1 Å². The van der Waals surface area contributed by atoms with Gasteiger partial charge in [0.05, 0.1) is 20.7 Å². The van der Waals surface area contributed by atoms with Crippen LogP contribution in [-0.4, -0.2) is 13.9 Å². The Balaban J connectivity index is 2.76. The maximum absolute atomic E-state index is 11.9. The van der Waals surface area contributed by atoms with Gasteiger partial charge in [0, 0.05) is 18.2 Å². The fraction of sp³-hybridized carbons (Fsp3) is 0.500. The summed E-state index contributed by atoms with van der Waals surface area (Å²) in [6.07, 6.45) is 0. The van der Waals surface area contributed by atoms with Gasteiger partial charge >= 0.3 is 0 Å². The molecule has 0 amide bonds. The minimum Gasteiger partial charge on any atom is -0.258 e. The van der Waals surface area contributed by atoms with Crippen LogP contribution in [0.3, 0.4) is 0 Å². The summed E-state index contributed by atoms with van der Waals surface area (Å²) in [5.41, 5.74) is 0.932. The Hall–Kier alpha value is -1.27. The molecule has 0 unspecified atom stereocenters. The maximum atomic E-state index is 11.9. The van der Waals surface area contributed by atoms with Gasteiger partial charge in [-0.3, -0.25) is 10.1 Å². The first-order valence-electron chi connectivity index (χ1n) is 5.64. The lowest BCUT2D eigenvalue weighted by atomic mass is 10.1. The normalized spacial score (nSPS) is 15.1. The summed E-state index contributed by atoms with van der Waals surface area (Å²) in [6.45, 7) is 7.54. The summed E-state index contributed by atoms with van der Waals surface area (Å²) < 4.78 is 14.6. The van der Waals surface area contributed by atoms with E-state index in [-0.39, 0.29) is 16.5 Å². The van der Waals surface area contributed by atoms with Crippen molar-refractivity contribution < 1.29 is 9.13 Å². The first-order valence-corrected chi connectivity index (χ1v) is 6.79. The first-order chi connectivity index (χ1) is 8.21. The largest absolute Gasteiger partial charge is 0.269 e. The number of rotatable bonds is 4. The van der Waals surface area contributed by atoms with E-state index in [0.717, 1.165) is 5.56 Å². The monoisotopic (exact) mass is 270 g/mol. The number of nitrogens with zero attached hydrogens (tertiary/aromatic N) is 1. The molecule has 100 valence electrons. The summed E-state index contributed by atoms with van der Waals surface area (Å²) in [4.78, 5) is 10.1. The predicted molar refractivity (Wildman–Crippen MR) is 72.5 cm³/mol. The zero-order chi connectivity index (χ0) is 13.9. The molecule has 0 saturated heterocycles. The third kappa shape index (κ3) is 3.89. The first kappa shape index (κ1) is 14.8. The van der Waals surface area contributed by atoms with Crippen molar-refractivity contribution in [2.75, 3.05) is 0 Å². The fourth-order valence-electron chi connectivity index (χ4n) is 1.29. The average molecular weight is 270 g/mol. The molecule has 0 aliphatic rings. The Kier molecular flexibility index (Phi) is 4.59. The zero-order valence-electron chi connectivity index (χ0n) is 11.0. The lowest BCUT2D eigenvalue weighted by Crippen LogP contribution is -2.34. The highest BCUT2D eigenvalue weighted by Gasteiger charge is 2.21. The molecular weight excluding hydrogens is 252 g/mol. The lowest BCUT2D eigenvalue weighted by Gasteiger charge is -2.22. The van der Waals surface area contributed by atoms with E-state index in [1.54, 1.807) is 12.1 Å². The van der Waals surface area contributed by atoms with Gasteiger partial charge in [0.2, 0.25) is 0 Å². The maximum Gasteiger partial charge on any atom is 0.269 e. The number of benzene rings is 1. The Morgan fingerprint density at radius 1 is 1.28 bits per heavy atom. The third-order valence-corrected chi connectivity index (χ3v) is 4.12. The second kappa shape index (κ2) is 5.58. The molecule has 0 aliphatic heterocycles. The van der Waals surface area contributed by atoms with Gasteiger partial charge in [-0.2, -0.15) is 0 Å². The minimum atomic E-state index is -1.17. The molecule has 0 fully saturated rings. The van der Waals surface area contributed by atoms with Crippen LogP contribution >= 0.6 is 0 Å². The van der Waals surface area contributed by atoms with Crippen molar-refractivity contribution in [2.24, 2.45) is 0 Å². The van der Waals surface area contributed by atoms with Crippen molar-refractivity contribution in [3.05, 3.63) is 39.9 Å². The Morgan fingerprint density at radius 2 is 1.78 bits per heavy atom. The third-order valence-electron chi connectivity index (χ3n) is 2.44. The van der Waals surface area contributed by atoms with Crippen molar-refractivity contribution >= 4 is 16.7 Å². The summed E-state index contributed by atoms with van der Waals surface area (Å²) >= 11 is 0. The number of nitro benzene ring substituents is 1. The standard InChI is InChI=1S/C12H18N2O3S/c1-9(13-18(17)12(2,3)4)10-5-7-11(8-6-10)14(15)16/h5-9,13H,1-4H3/t9-,18-/m0/s1. The van der Waals surface area contributed by atoms with Gasteiger partial charge < -0.3 is 0 Å². The van der Waals surface area contributed by atoms with E-state index >= 15 is 0 Å². The van der Waals surface area contributed by atoms with Crippen LogP contribution in [0.5, 0.6) is 0 Å². The topological polar surface area (TPSA) is 72.2 Å². The molecule has 5 nitrogen and oxygen atoms in total. The molecule has 0 aliphatic carbocycles. The van der Waals surface area contributed by atoms with Crippen LogP contribution in [0.4, 0.5) is 5.69 Å². The molecule has 0 saturated carbocycles. The van der Waals surface area contributed by atoms with Crippen LogP contribution in [0.2, 0.25) is 0 Å². The quantitative estimate of drug-likeness (QED) is 0.675. The van der Waals surface area contributed by atoms with Crippen LogP contribution in [0.1, 0.15) is 39.3 Å². The summed E-state index contributed by atoms with van der Waals surface area (Å²) in [5.74, 6) is 0. The van der Waals surface area contributed by atoms with Gasteiger partial charge in [0.25, 0.3) is 5.69 Å². The van der Waals surface area contributed by atoms with Crippen LogP contribution < -0.4 is 4.72 Å². The molecule has 0 heterocycles. The number of hydrogen-bond donors (Lipinski definition) is 1. The molecule has 2 atom stereocenters. The highest BCUT2D eigenvalue weighted by atomic mass is 32.2. The van der Waals surface area contributed by atoms with Crippen molar-refractivity contribution in [1.82, 2.24) is 4.72 Å². The highest BCUT2D eigenvalue weighted by Crippen LogP contribution is 2.19. The average Bonchev–Trinajstić information content (AvgIpc) is 2.27. The van der Waals surface area contributed by atoms with Gasteiger partial charge in [0.1, 0.15) is 0 Å². The molecule has 18 heavy (non-hydrogen) atoms. The van der Waals surface area contributed by atoms with E-state index in [2.05, 4.69) is 4.72 Å². The van der Waals surface area contributed by atoms with E-state index in [0.29, 0.717) is 0 Å². The van der Waals surface area contributed by atoms with Crippen molar-refractivity contribution in [2.45, 2.75) is 38.5 Å². The number of nitro groups is 1. The van der Waals surface area contributed by atoms with Gasteiger partial charge in [-0.25, -0.2) is 8.93 Å². The van der Waals surface area contributed by atoms with E-state index in [9.17, 15) is 14.3 Å². The highest BCUT2D eigenvalue weighted by molar-refractivity contribution is 7.84. The molecule has 0 bridgehead atoms. The van der Waals surface area contributed by atoms with Crippen molar-refractivity contribution in [3.63, 3.8) is 0 Å². The van der Waals surface area contributed by atoms with Gasteiger partial charge in [-0.1, -0.05) is 12.1 Å². The molecule has 0 radical (unpaired) electrons.